The standard InChI is InChI=1S/C11H22N2O/c1-13(9-3-2-4-11(9)14)10(7-12)8-5-6-8/h8-11,14H,2-7,12H2,1H3. The number of hydrogen-bond donors (Lipinski definition) is 2. The molecule has 0 aromatic rings. The molecule has 0 radical (unpaired) electrons. The molecule has 3 atom stereocenters. The van der Waals surface area contributed by atoms with E-state index in [0.29, 0.717) is 12.1 Å². The van der Waals surface area contributed by atoms with Gasteiger partial charge in [-0.3, -0.25) is 4.90 Å². The first-order valence-corrected chi connectivity index (χ1v) is 5.84. The van der Waals surface area contributed by atoms with Crippen molar-refractivity contribution in [2.75, 3.05) is 13.6 Å². The van der Waals surface area contributed by atoms with Gasteiger partial charge in [-0.25, -0.2) is 0 Å². The summed E-state index contributed by atoms with van der Waals surface area (Å²) in [5, 5.41) is 9.82. The maximum atomic E-state index is 9.82. The molecule has 0 aromatic heterocycles. The average molecular weight is 198 g/mol. The Labute approximate surface area is 86.3 Å². The van der Waals surface area contributed by atoms with Crippen LogP contribution in [0.25, 0.3) is 0 Å². The molecule has 0 amide bonds. The summed E-state index contributed by atoms with van der Waals surface area (Å²) in [7, 11) is 2.13. The van der Waals surface area contributed by atoms with E-state index in [2.05, 4.69) is 11.9 Å². The second-order valence-electron chi connectivity index (χ2n) is 4.87. The molecule has 0 aliphatic heterocycles. The molecule has 0 aromatic carbocycles. The molecule has 3 nitrogen and oxygen atoms in total. The number of aliphatic hydroxyl groups is 1. The smallest absolute Gasteiger partial charge is 0.0695 e. The normalized spacial score (nSPS) is 35.1. The van der Waals surface area contributed by atoms with Crippen LogP contribution >= 0.6 is 0 Å². The van der Waals surface area contributed by atoms with Crippen LogP contribution < -0.4 is 5.73 Å². The Balaban J connectivity index is 1.94. The predicted octanol–water partition coefficient (Wildman–Crippen LogP) is 0.569. The summed E-state index contributed by atoms with van der Waals surface area (Å²) in [6.45, 7) is 0.740. The van der Waals surface area contributed by atoms with E-state index in [0.717, 1.165) is 31.7 Å². The quantitative estimate of drug-likeness (QED) is 0.694. The minimum atomic E-state index is -0.118. The zero-order valence-electron chi connectivity index (χ0n) is 9.02. The van der Waals surface area contributed by atoms with Gasteiger partial charge in [0.2, 0.25) is 0 Å². The van der Waals surface area contributed by atoms with Crippen LogP contribution in [0.5, 0.6) is 0 Å². The van der Waals surface area contributed by atoms with Gasteiger partial charge in [-0.2, -0.15) is 0 Å². The van der Waals surface area contributed by atoms with Crippen LogP contribution in [0, 0.1) is 5.92 Å². The van der Waals surface area contributed by atoms with Gasteiger partial charge in [0.15, 0.2) is 0 Å². The fourth-order valence-electron chi connectivity index (χ4n) is 2.81. The van der Waals surface area contributed by atoms with E-state index >= 15 is 0 Å². The fourth-order valence-corrected chi connectivity index (χ4v) is 2.81. The van der Waals surface area contributed by atoms with Crippen molar-refractivity contribution in [3.05, 3.63) is 0 Å². The van der Waals surface area contributed by atoms with E-state index in [1.165, 1.54) is 12.8 Å². The number of nitrogens with zero attached hydrogens (tertiary/aromatic N) is 1. The first-order valence-electron chi connectivity index (χ1n) is 5.84. The molecule has 2 rings (SSSR count). The monoisotopic (exact) mass is 198 g/mol. The van der Waals surface area contributed by atoms with Crippen molar-refractivity contribution in [1.82, 2.24) is 4.90 Å². The molecule has 0 heterocycles. The lowest BCUT2D eigenvalue weighted by Crippen LogP contribution is -2.48. The van der Waals surface area contributed by atoms with Gasteiger partial charge in [-0.15, -0.1) is 0 Å². The zero-order valence-corrected chi connectivity index (χ0v) is 9.02. The molecular weight excluding hydrogens is 176 g/mol. The molecule has 82 valence electrons. The third kappa shape index (κ3) is 1.95. The van der Waals surface area contributed by atoms with Gasteiger partial charge in [0, 0.05) is 18.6 Å². The van der Waals surface area contributed by atoms with E-state index in [9.17, 15) is 5.11 Å². The van der Waals surface area contributed by atoms with E-state index in [-0.39, 0.29) is 6.10 Å². The van der Waals surface area contributed by atoms with Gasteiger partial charge < -0.3 is 10.8 Å². The van der Waals surface area contributed by atoms with Crippen molar-refractivity contribution < 1.29 is 5.11 Å². The van der Waals surface area contributed by atoms with Gasteiger partial charge in [0.05, 0.1) is 6.10 Å². The lowest BCUT2D eigenvalue weighted by Gasteiger charge is -2.34. The molecule has 2 fully saturated rings. The summed E-state index contributed by atoms with van der Waals surface area (Å²) in [5.41, 5.74) is 5.80. The van der Waals surface area contributed by atoms with E-state index in [4.69, 9.17) is 5.73 Å². The molecule has 0 bridgehead atoms. The molecule has 2 saturated carbocycles. The predicted molar refractivity (Wildman–Crippen MR) is 57.0 cm³/mol. The summed E-state index contributed by atoms with van der Waals surface area (Å²) in [4.78, 5) is 2.34. The third-order valence-corrected chi connectivity index (χ3v) is 3.90. The Morgan fingerprint density at radius 1 is 1.36 bits per heavy atom. The Morgan fingerprint density at radius 3 is 2.50 bits per heavy atom. The zero-order chi connectivity index (χ0) is 10.1. The van der Waals surface area contributed by atoms with Crippen molar-refractivity contribution in [3.8, 4) is 0 Å². The summed E-state index contributed by atoms with van der Waals surface area (Å²) in [6.07, 6.45) is 5.81. The van der Waals surface area contributed by atoms with E-state index in [1.807, 2.05) is 0 Å². The lowest BCUT2D eigenvalue weighted by molar-refractivity contribution is 0.0572. The Morgan fingerprint density at radius 2 is 2.07 bits per heavy atom. The highest BCUT2D eigenvalue weighted by molar-refractivity contribution is 4.93. The van der Waals surface area contributed by atoms with Crippen LogP contribution in [0.2, 0.25) is 0 Å². The summed E-state index contributed by atoms with van der Waals surface area (Å²) < 4.78 is 0. The highest BCUT2D eigenvalue weighted by atomic mass is 16.3. The average Bonchev–Trinajstić information content (AvgIpc) is 2.90. The number of likely N-dealkylation sites (N-methyl/N-ethyl adjacent to an activating group) is 1. The van der Waals surface area contributed by atoms with Crippen molar-refractivity contribution in [2.45, 2.75) is 50.3 Å². The van der Waals surface area contributed by atoms with Gasteiger partial charge in [0.25, 0.3) is 0 Å². The molecule has 2 aliphatic rings. The maximum absolute atomic E-state index is 9.82. The third-order valence-electron chi connectivity index (χ3n) is 3.90. The van der Waals surface area contributed by atoms with Crippen LogP contribution in [0.4, 0.5) is 0 Å². The largest absolute Gasteiger partial charge is 0.391 e. The summed E-state index contributed by atoms with van der Waals surface area (Å²) in [5.74, 6) is 0.804. The molecule has 3 heteroatoms. The highest BCUT2D eigenvalue weighted by Gasteiger charge is 2.38. The number of rotatable bonds is 4. The van der Waals surface area contributed by atoms with Crippen molar-refractivity contribution in [3.63, 3.8) is 0 Å². The molecule has 2 aliphatic carbocycles. The Bertz CT molecular complexity index is 192. The molecule has 0 spiro atoms. The highest BCUT2D eigenvalue weighted by Crippen LogP contribution is 2.37. The van der Waals surface area contributed by atoms with Gasteiger partial charge in [-0.05, 0) is 45.1 Å². The van der Waals surface area contributed by atoms with Crippen molar-refractivity contribution in [2.24, 2.45) is 11.7 Å². The fraction of sp³-hybridized carbons (Fsp3) is 1.00. The first-order chi connectivity index (χ1) is 6.74. The SMILES string of the molecule is CN(C1CCCC1O)C(CN)C1CC1. The van der Waals surface area contributed by atoms with Crippen molar-refractivity contribution >= 4 is 0 Å². The van der Waals surface area contributed by atoms with Gasteiger partial charge >= 0.3 is 0 Å². The van der Waals surface area contributed by atoms with Crippen LogP contribution in [0.15, 0.2) is 0 Å². The van der Waals surface area contributed by atoms with Gasteiger partial charge in [0.1, 0.15) is 0 Å². The topological polar surface area (TPSA) is 49.5 Å². The molecule has 3 unspecified atom stereocenters. The number of aliphatic hydroxyl groups excluding tert-OH is 1. The van der Waals surface area contributed by atoms with Crippen molar-refractivity contribution in [1.29, 1.82) is 0 Å². The van der Waals surface area contributed by atoms with Crippen LogP contribution in [0.1, 0.15) is 32.1 Å². The number of nitrogens with two attached hydrogens (primary N) is 1. The van der Waals surface area contributed by atoms with Crippen LogP contribution in [0.3, 0.4) is 0 Å². The second-order valence-corrected chi connectivity index (χ2v) is 4.87. The minimum Gasteiger partial charge on any atom is -0.391 e. The molecular formula is C11H22N2O. The van der Waals surface area contributed by atoms with E-state index in [1.54, 1.807) is 0 Å². The Hall–Kier alpha value is -0.120. The van der Waals surface area contributed by atoms with Gasteiger partial charge in [-0.1, -0.05) is 0 Å². The first kappa shape index (κ1) is 10.4. The summed E-state index contributed by atoms with van der Waals surface area (Å²) in [6, 6.07) is 0.872. The minimum absolute atomic E-state index is 0.118. The van der Waals surface area contributed by atoms with Crippen LogP contribution in [-0.2, 0) is 0 Å². The lowest BCUT2D eigenvalue weighted by atomic mass is 10.1. The summed E-state index contributed by atoms with van der Waals surface area (Å²) >= 11 is 0. The molecule has 14 heavy (non-hydrogen) atoms. The van der Waals surface area contributed by atoms with Crippen LogP contribution in [-0.4, -0.2) is 41.8 Å². The maximum Gasteiger partial charge on any atom is 0.0695 e. The Kier molecular flexibility index (Phi) is 3.10. The van der Waals surface area contributed by atoms with E-state index < -0.39 is 0 Å². The molecule has 3 N–H and O–H groups in total. The second kappa shape index (κ2) is 4.17. The molecule has 0 saturated heterocycles. The number of hydrogen-bond acceptors (Lipinski definition) is 3.